The van der Waals surface area contributed by atoms with E-state index in [4.69, 9.17) is 9.98 Å². The Labute approximate surface area is 304 Å². The summed E-state index contributed by atoms with van der Waals surface area (Å²) in [6.45, 7) is 20.2. The van der Waals surface area contributed by atoms with Crippen LogP contribution >= 0.6 is 0 Å². The number of hydrazine groups is 1. The lowest BCUT2D eigenvalue weighted by Gasteiger charge is -2.24. The van der Waals surface area contributed by atoms with Crippen molar-refractivity contribution in [3.8, 4) is 0 Å². The number of anilines is 2. The van der Waals surface area contributed by atoms with Crippen LogP contribution in [-0.4, -0.2) is 49.6 Å². The number of rotatable bonds is 14. The van der Waals surface area contributed by atoms with Gasteiger partial charge in [0.15, 0.2) is 10.7 Å². The molecule has 1 aliphatic heterocycles. The summed E-state index contributed by atoms with van der Waals surface area (Å²) in [5.74, 6) is -0.499. The topological polar surface area (TPSA) is 84.1 Å². The minimum Gasteiger partial charge on any atom is -0.378 e. The number of hydrogen-bond donors (Lipinski definition) is 3. The molecule has 1 saturated heterocycles. The van der Waals surface area contributed by atoms with Crippen LogP contribution in [0.15, 0.2) is 69.8 Å². The van der Waals surface area contributed by atoms with Gasteiger partial charge in [-0.05, 0) is 106 Å². The van der Waals surface area contributed by atoms with Crippen molar-refractivity contribution in [3.05, 3.63) is 87.5 Å². The zero-order chi connectivity index (χ0) is 37.9. The Balaban J connectivity index is 2.20. The molecule has 2 aromatic carbocycles. The molecule has 51 heavy (non-hydrogen) atoms. The minimum atomic E-state index is -0.704. The Kier molecular flexibility index (Phi) is 15.3. The van der Waals surface area contributed by atoms with E-state index in [1.807, 2.05) is 26.1 Å². The van der Waals surface area contributed by atoms with E-state index in [1.165, 1.54) is 12.1 Å². The maximum absolute atomic E-state index is 16.8. The number of amidine groups is 1. The van der Waals surface area contributed by atoms with Crippen LogP contribution in [-0.2, 0) is 0 Å². The molecule has 0 aliphatic carbocycles. The predicted octanol–water partition coefficient (Wildman–Crippen LogP) is 10.0. The second kappa shape index (κ2) is 18.9. The zero-order valence-electron chi connectivity index (χ0n) is 32.7. The first-order chi connectivity index (χ1) is 24.1. The lowest BCUT2D eigenvalue weighted by atomic mass is 9.86. The fourth-order valence-corrected chi connectivity index (χ4v) is 5.73. The van der Waals surface area contributed by atoms with Crippen LogP contribution < -0.4 is 21.0 Å². The van der Waals surface area contributed by atoms with Crippen LogP contribution in [0.5, 0.6) is 0 Å². The van der Waals surface area contributed by atoms with Crippen molar-refractivity contribution in [2.24, 2.45) is 21.3 Å². The maximum atomic E-state index is 16.8. The molecule has 1 heterocycles. The van der Waals surface area contributed by atoms with Crippen LogP contribution in [0.2, 0.25) is 0 Å². The molecule has 1 fully saturated rings. The third-order valence-corrected chi connectivity index (χ3v) is 9.36. The first-order valence-corrected chi connectivity index (χ1v) is 18.3. The third-order valence-electron chi connectivity index (χ3n) is 9.36. The Bertz CT molecular complexity index is 1650. The first kappa shape index (κ1) is 41.2. The van der Waals surface area contributed by atoms with Gasteiger partial charge in [0.1, 0.15) is 5.69 Å². The second-order valence-electron chi connectivity index (χ2n) is 14.7. The van der Waals surface area contributed by atoms with E-state index in [0.29, 0.717) is 27.9 Å². The smallest absolute Gasteiger partial charge is 0.330 e. The summed E-state index contributed by atoms with van der Waals surface area (Å²) >= 11 is 0. The summed E-state index contributed by atoms with van der Waals surface area (Å²) in [5, 5.41) is 6.74. The lowest BCUT2D eigenvalue weighted by molar-refractivity contribution is -0.431. The molecular formula is C41H60F2N7O+. The van der Waals surface area contributed by atoms with Gasteiger partial charge in [0.25, 0.3) is 0 Å². The largest absolute Gasteiger partial charge is 0.378 e. The van der Waals surface area contributed by atoms with Gasteiger partial charge in [0.05, 0.1) is 22.5 Å². The molecule has 1 unspecified atom stereocenters. The van der Waals surface area contributed by atoms with Crippen molar-refractivity contribution in [1.29, 1.82) is 0 Å². The summed E-state index contributed by atoms with van der Waals surface area (Å²) in [7, 11) is 3.59. The van der Waals surface area contributed by atoms with E-state index in [9.17, 15) is 4.91 Å². The van der Waals surface area contributed by atoms with E-state index in [1.54, 1.807) is 44.1 Å². The number of piperidine rings is 1. The molecule has 0 spiro atoms. The zero-order valence-corrected chi connectivity index (χ0v) is 32.7. The van der Waals surface area contributed by atoms with Crippen molar-refractivity contribution < 1.29 is 13.6 Å². The van der Waals surface area contributed by atoms with E-state index in [0.717, 1.165) is 67.9 Å². The summed E-state index contributed by atoms with van der Waals surface area (Å²) in [6.07, 6.45) is 10.7. The van der Waals surface area contributed by atoms with Gasteiger partial charge in [0, 0.05) is 48.9 Å². The molecular weight excluding hydrogens is 644 g/mol. The summed E-state index contributed by atoms with van der Waals surface area (Å²) in [4.78, 5) is 25.5. The van der Waals surface area contributed by atoms with Crippen LogP contribution in [0.1, 0.15) is 98.6 Å². The fraction of sp³-hybridized carbons (Fsp3) is 0.512. The third kappa shape index (κ3) is 11.4. The molecule has 1 atom stereocenters. The number of benzene rings is 2. The fourth-order valence-electron chi connectivity index (χ4n) is 5.73. The monoisotopic (exact) mass is 704 g/mol. The molecule has 3 rings (SSSR count). The quantitative estimate of drug-likeness (QED) is 0.0600. The molecule has 0 aromatic heterocycles. The number of unbranched alkanes of at least 4 members (excludes halogenated alkanes) is 1. The molecule has 1 aliphatic rings. The SMILES string of the molecule is CCC/C=C(/C=C\NC(C)=NC1CCNCC1)C(=C(\N=C(C)C(C)(C)C)c1cccc(N[N+](=O)c2c(C)cc(N(C)C)cc2F)c1F)\C(C)CC. The average molecular weight is 705 g/mol. The highest BCUT2D eigenvalue weighted by Gasteiger charge is 2.28. The number of allylic oxidation sites excluding steroid dienone is 4. The molecule has 2 aromatic rings. The van der Waals surface area contributed by atoms with Gasteiger partial charge < -0.3 is 15.5 Å². The highest BCUT2D eigenvalue weighted by molar-refractivity contribution is 5.93. The van der Waals surface area contributed by atoms with Crippen LogP contribution in [0, 0.1) is 34.8 Å². The number of aliphatic imine (C=N–C) groups is 2. The molecule has 10 heteroatoms. The van der Waals surface area contributed by atoms with Gasteiger partial charge in [-0.15, -0.1) is 5.43 Å². The Morgan fingerprint density at radius 3 is 2.41 bits per heavy atom. The van der Waals surface area contributed by atoms with Gasteiger partial charge in [-0.1, -0.05) is 60.1 Å². The van der Waals surface area contributed by atoms with Crippen LogP contribution in [0.4, 0.5) is 25.8 Å². The Morgan fingerprint density at radius 1 is 1.14 bits per heavy atom. The lowest BCUT2D eigenvalue weighted by Crippen LogP contribution is -2.31. The van der Waals surface area contributed by atoms with E-state index < -0.39 is 11.6 Å². The number of hydrogen-bond acceptors (Lipinski definition) is 5. The van der Waals surface area contributed by atoms with Crippen LogP contribution in [0.3, 0.4) is 0 Å². The van der Waals surface area contributed by atoms with Crippen LogP contribution in [0.25, 0.3) is 5.70 Å². The summed E-state index contributed by atoms with van der Waals surface area (Å²) in [5.41, 5.74) is 6.48. The predicted molar refractivity (Wildman–Crippen MR) is 212 cm³/mol. The highest BCUT2D eigenvalue weighted by Crippen LogP contribution is 2.38. The number of aryl methyl sites for hydroxylation is 1. The van der Waals surface area contributed by atoms with Gasteiger partial charge in [-0.2, -0.15) is 4.39 Å². The van der Waals surface area contributed by atoms with Gasteiger partial charge in [-0.3, -0.25) is 9.98 Å². The van der Waals surface area contributed by atoms with Crippen molar-refractivity contribution in [2.45, 2.75) is 100 Å². The molecule has 0 amide bonds. The summed E-state index contributed by atoms with van der Waals surface area (Å²) < 4.78 is 32.1. The normalized spacial score (nSPS) is 16.3. The Hall–Kier alpha value is -4.18. The number of nitrogens with zero attached hydrogens (tertiary/aromatic N) is 4. The van der Waals surface area contributed by atoms with Crippen molar-refractivity contribution >= 4 is 34.3 Å². The van der Waals surface area contributed by atoms with Crippen molar-refractivity contribution in [2.75, 3.05) is 37.5 Å². The van der Waals surface area contributed by atoms with Crippen molar-refractivity contribution in [1.82, 2.24) is 10.6 Å². The molecule has 8 nitrogen and oxygen atoms in total. The second-order valence-corrected chi connectivity index (χ2v) is 14.7. The first-order valence-electron chi connectivity index (χ1n) is 18.3. The minimum absolute atomic E-state index is 0.00718. The summed E-state index contributed by atoms with van der Waals surface area (Å²) in [6, 6.07) is 8.17. The number of nitroso groups, excluding NO2 is 1. The molecule has 0 radical (unpaired) electrons. The van der Waals surface area contributed by atoms with E-state index in [2.05, 4.69) is 63.7 Å². The molecule has 0 saturated carbocycles. The number of halogens is 2. The van der Waals surface area contributed by atoms with E-state index in [-0.39, 0.29) is 28.3 Å². The average Bonchev–Trinajstić information content (AvgIpc) is 3.06. The maximum Gasteiger partial charge on any atom is 0.330 e. The highest BCUT2D eigenvalue weighted by atomic mass is 19.1. The van der Waals surface area contributed by atoms with Gasteiger partial charge in [0.2, 0.25) is 5.82 Å². The van der Waals surface area contributed by atoms with Crippen molar-refractivity contribution in [3.63, 3.8) is 0 Å². The van der Waals surface area contributed by atoms with E-state index >= 15 is 8.78 Å². The molecule has 278 valence electrons. The molecule has 3 N–H and O–H groups in total. The standard InChI is InChI=1S/C41H60F2N7O/c1-12-14-16-31(19-24-45-30(6)47-32-20-22-44-23-21-32)37(27(3)13-2)39(46-29(5)41(7,8)9)34-17-15-18-36(38(34)43)48-50(51)40-28(4)25-33(49(10)11)26-35(40)42/h15-19,24-27,32,44H,12-14,20-23H2,1-11H3,(H,45,47)(H,48,51)/q+1/b24-19-,31-16-,39-37+,46-29?. The van der Waals surface area contributed by atoms with Gasteiger partial charge >= 0.3 is 5.69 Å². The molecule has 0 bridgehead atoms. The number of nitrogens with one attached hydrogen (secondary N) is 3. The Morgan fingerprint density at radius 2 is 1.82 bits per heavy atom. The van der Waals surface area contributed by atoms with Gasteiger partial charge in [-0.25, -0.2) is 4.39 Å².